The van der Waals surface area contributed by atoms with Gasteiger partial charge in [0.2, 0.25) is 0 Å². The third-order valence-electron chi connectivity index (χ3n) is 1.17. The molecule has 0 amide bonds. The van der Waals surface area contributed by atoms with Crippen molar-refractivity contribution in [3.63, 3.8) is 0 Å². The Balaban J connectivity index is 2.40. The average Bonchev–Trinajstić information content (AvgIpc) is 1.84. The van der Waals surface area contributed by atoms with E-state index in [1.165, 1.54) is 6.42 Å². The van der Waals surface area contributed by atoms with E-state index in [2.05, 4.69) is 29.5 Å². The Labute approximate surface area is 57.6 Å². The van der Waals surface area contributed by atoms with Crippen molar-refractivity contribution in [3.05, 3.63) is 0 Å². The van der Waals surface area contributed by atoms with E-state index in [0.717, 1.165) is 13.2 Å². The summed E-state index contributed by atoms with van der Waals surface area (Å²) in [6.07, 6.45) is 1.22. The molecule has 0 aliphatic carbocycles. The summed E-state index contributed by atoms with van der Waals surface area (Å²) in [4.78, 5) is 0. The second kappa shape index (κ2) is 1.90. The number of hydrogen-bond donors (Lipinski definition) is 0. The van der Waals surface area contributed by atoms with E-state index in [9.17, 15) is 0 Å². The van der Waals surface area contributed by atoms with Crippen LogP contribution in [0.1, 0.15) is 13.3 Å². The Hall–Kier alpha value is 0.690. The van der Waals surface area contributed by atoms with Crippen LogP contribution in [0.15, 0.2) is 0 Å². The van der Waals surface area contributed by atoms with Gasteiger partial charge in [-0.05, 0) is 13.3 Å². The van der Waals surface area contributed by atoms with Crippen molar-refractivity contribution >= 4 is 22.6 Å². The van der Waals surface area contributed by atoms with Crippen LogP contribution in [0, 0.1) is 0 Å². The molecule has 1 saturated heterocycles. The molecule has 1 rings (SSSR count). The Bertz CT molecular complexity index is 62.5. The molecule has 1 aliphatic heterocycles. The van der Waals surface area contributed by atoms with Gasteiger partial charge < -0.3 is 4.74 Å². The average molecular weight is 212 g/mol. The van der Waals surface area contributed by atoms with Crippen LogP contribution in [0.3, 0.4) is 0 Å². The van der Waals surface area contributed by atoms with Gasteiger partial charge in [-0.25, -0.2) is 0 Å². The zero-order chi connectivity index (χ0) is 5.33. The van der Waals surface area contributed by atoms with Gasteiger partial charge in [0.05, 0.1) is 6.61 Å². The summed E-state index contributed by atoms with van der Waals surface area (Å²) in [6.45, 7) is 4.12. The summed E-state index contributed by atoms with van der Waals surface area (Å²) in [7, 11) is 0. The van der Waals surface area contributed by atoms with E-state index in [0.29, 0.717) is 3.42 Å². The molecule has 0 unspecified atom stereocenters. The van der Waals surface area contributed by atoms with E-state index in [1.54, 1.807) is 0 Å². The predicted octanol–water partition coefficient (Wildman–Crippen LogP) is 1.60. The number of alkyl halides is 1. The van der Waals surface area contributed by atoms with Gasteiger partial charge >= 0.3 is 0 Å². The maximum Gasteiger partial charge on any atom is 0.0610 e. The molecule has 1 atom stereocenters. The largest absolute Gasteiger partial charge is 0.380 e. The molecule has 42 valence electrons. The third-order valence-corrected chi connectivity index (χ3v) is 2.02. The minimum atomic E-state index is 0.442. The van der Waals surface area contributed by atoms with Crippen LogP contribution in [-0.4, -0.2) is 16.6 Å². The first-order valence-corrected chi connectivity index (χ1v) is 3.55. The van der Waals surface area contributed by atoms with Gasteiger partial charge in [-0.2, -0.15) is 0 Å². The maximum absolute atomic E-state index is 5.15. The fourth-order valence-corrected chi connectivity index (χ4v) is 1.08. The Morgan fingerprint density at radius 1 is 1.71 bits per heavy atom. The van der Waals surface area contributed by atoms with Gasteiger partial charge in [-0.15, -0.1) is 0 Å². The van der Waals surface area contributed by atoms with Gasteiger partial charge in [0.25, 0.3) is 0 Å². The minimum Gasteiger partial charge on any atom is -0.380 e. The molecule has 0 aromatic heterocycles. The highest BCUT2D eigenvalue weighted by atomic mass is 127. The van der Waals surface area contributed by atoms with Gasteiger partial charge in [0.1, 0.15) is 0 Å². The van der Waals surface area contributed by atoms with Crippen molar-refractivity contribution in [3.8, 4) is 0 Å². The van der Waals surface area contributed by atoms with Gasteiger partial charge in [-0.1, -0.05) is 22.6 Å². The van der Waals surface area contributed by atoms with E-state index in [-0.39, 0.29) is 0 Å². The molecular formula is C5H9IO. The van der Waals surface area contributed by atoms with Crippen LogP contribution < -0.4 is 0 Å². The van der Waals surface area contributed by atoms with Crippen LogP contribution in [0.25, 0.3) is 0 Å². The SMILES string of the molecule is C[C@@]1(I)CCOC1. The molecule has 0 radical (unpaired) electrons. The Morgan fingerprint density at radius 3 is 2.57 bits per heavy atom. The smallest absolute Gasteiger partial charge is 0.0610 e. The first-order valence-electron chi connectivity index (χ1n) is 2.47. The lowest BCUT2D eigenvalue weighted by molar-refractivity contribution is 0.193. The van der Waals surface area contributed by atoms with Crippen LogP contribution >= 0.6 is 22.6 Å². The van der Waals surface area contributed by atoms with Crippen LogP contribution in [0.2, 0.25) is 0 Å². The normalized spacial score (nSPS) is 42.0. The zero-order valence-corrected chi connectivity index (χ0v) is 6.57. The van der Waals surface area contributed by atoms with Crippen LogP contribution in [0.5, 0.6) is 0 Å². The molecule has 0 aromatic carbocycles. The standard InChI is InChI=1S/C5H9IO/c1-5(6)2-3-7-4-5/h2-4H2,1H3/t5-/m1/s1. The van der Waals surface area contributed by atoms with E-state index >= 15 is 0 Å². The number of halogens is 1. The third kappa shape index (κ3) is 1.57. The molecule has 0 spiro atoms. The van der Waals surface area contributed by atoms with Crippen molar-refractivity contribution in [1.29, 1.82) is 0 Å². The molecule has 1 heterocycles. The van der Waals surface area contributed by atoms with Crippen molar-refractivity contribution < 1.29 is 4.74 Å². The second-order valence-corrected chi connectivity index (χ2v) is 4.82. The summed E-state index contributed by atoms with van der Waals surface area (Å²) in [5.74, 6) is 0. The topological polar surface area (TPSA) is 9.23 Å². The Kier molecular flexibility index (Phi) is 1.58. The fourth-order valence-electron chi connectivity index (χ4n) is 0.642. The van der Waals surface area contributed by atoms with Crippen molar-refractivity contribution in [2.45, 2.75) is 16.8 Å². The summed E-state index contributed by atoms with van der Waals surface area (Å²) in [5.41, 5.74) is 0. The van der Waals surface area contributed by atoms with Crippen molar-refractivity contribution in [1.82, 2.24) is 0 Å². The zero-order valence-electron chi connectivity index (χ0n) is 4.41. The maximum atomic E-state index is 5.15. The van der Waals surface area contributed by atoms with Gasteiger partial charge in [-0.3, -0.25) is 0 Å². The van der Waals surface area contributed by atoms with Gasteiger partial charge in [0, 0.05) is 10.0 Å². The number of ether oxygens (including phenoxy) is 1. The molecule has 2 heteroatoms. The summed E-state index contributed by atoms with van der Waals surface area (Å²) in [5, 5.41) is 0. The molecule has 0 N–H and O–H groups in total. The van der Waals surface area contributed by atoms with Crippen LogP contribution in [-0.2, 0) is 4.74 Å². The Morgan fingerprint density at radius 2 is 2.43 bits per heavy atom. The van der Waals surface area contributed by atoms with E-state index in [1.807, 2.05) is 0 Å². The monoisotopic (exact) mass is 212 g/mol. The molecule has 1 nitrogen and oxygen atoms in total. The molecule has 0 saturated carbocycles. The highest BCUT2D eigenvalue weighted by molar-refractivity contribution is 14.1. The lowest BCUT2D eigenvalue weighted by Gasteiger charge is -2.08. The number of rotatable bonds is 0. The van der Waals surface area contributed by atoms with E-state index < -0.39 is 0 Å². The first kappa shape index (κ1) is 5.82. The highest BCUT2D eigenvalue weighted by Gasteiger charge is 2.25. The lowest BCUT2D eigenvalue weighted by atomic mass is 10.2. The van der Waals surface area contributed by atoms with E-state index in [4.69, 9.17) is 4.74 Å². The van der Waals surface area contributed by atoms with Crippen LogP contribution in [0.4, 0.5) is 0 Å². The second-order valence-electron chi connectivity index (χ2n) is 2.22. The lowest BCUT2D eigenvalue weighted by Crippen LogP contribution is -2.13. The minimum absolute atomic E-state index is 0.442. The quantitative estimate of drug-likeness (QED) is 0.437. The summed E-state index contributed by atoms with van der Waals surface area (Å²) < 4.78 is 5.59. The fraction of sp³-hybridized carbons (Fsp3) is 1.00. The first-order chi connectivity index (χ1) is 3.21. The highest BCUT2D eigenvalue weighted by Crippen LogP contribution is 2.27. The molecule has 7 heavy (non-hydrogen) atoms. The van der Waals surface area contributed by atoms with Crippen molar-refractivity contribution in [2.75, 3.05) is 13.2 Å². The molecule has 0 aromatic rings. The molecule has 1 aliphatic rings. The molecule has 0 bridgehead atoms. The molecule has 1 fully saturated rings. The number of hydrogen-bond acceptors (Lipinski definition) is 1. The van der Waals surface area contributed by atoms with Gasteiger partial charge in [0.15, 0.2) is 0 Å². The predicted molar refractivity (Wildman–Crippen MR) is 37.9 cm³/mol. The summed E-state index contributed by atoms with van der Waals surface area (Å²) >= 11 is 2.44. The molecular weight excluding hydrogens is 203 g/mol. The van der Waals surface area contributed by atoms with Crippen molar-refractivity contribution in [2.24, 2.45) is 0 Å². The summed E-state index contributed by atoms with van der Waals surface area (Å²) in [6, 6.07) is 0.